The van der Waals surface area contributed by atoms with Crippen molar-refractivity contribution in [3.8, 4) is 0 Å². The van der Waals surface area contributed by atoms with E-state index in [9.17, 15) is 9.90 Å². The Morgan fingerprint density at radius 1 is 1.45 bits per heavy atom. The SMILES string of the molecule is CC(C)(C)Sc1cc(C(=O)NCC(O)c2ccco2)ccn1. The van der Waals surface area contributed by atoms with Gasteiger partial charge >= 0.3 is 0 Å². The van der Waals surface area contributed by atoms with Crippen molar-refractivity contribution in [2.75, 3.05) is 6.54 Å². The molecule has 2 aromatic rings. The van der Waals surface area contributed by atoms with E-state index in [0.717, 1.165) is 5.03 Å². The molecule has 0 saturated heterocycles. The predicted octanol–water partition coefficient (Wildman–Crippen LogP) is 3.03. The van der Waals surface area contributed by atoms with E-state index >= 15 is 0 Å². The van der Waals surface area contributed by atoms with Gasteiger partial charge in [-0.3, -0.25) is 4.79 Å². The van der Waals surface area contributed by atoms with Crippen molar-refractivity contribution in [3.05, 3.63) is 48.0 Å². The molecule has 6 heteroatoms. The van der Waals surface area contributed by atoms with Crippen molar-refractivity contribution >= 4 is 17.7 Å². The van der Waals surface area contributed by atoms with Gasteiger partial charge in [0.2, 0.25) is 0 Å². The second-order valence-corrected chi connectivity index (χ2v) is 7.69. The van der Waals surface area contributed by atoms with Crippen LogP contribution < -0.4 is 5.32 Å². The summed E-state index contributed by atoms with van der Waals surface area (Å²) in [5.74, 6) is 0.183. The van der Waals surface area contributed by atoms with Crippen molar-refractivity contribution in [1.82, 2.24) is 10.3 Å². The molecule has 2 N–H and O–H groups in total. The summed E-state index contributed by atoms with van der Waals surface area (Å²) in [6.07, 6.45) is 2.25. The molecule has 0 aliphatic carbocycles. The number of aliphatic hydroxyl groups is 1. The molecule has 0 spiro atoms. The first-order chi connectivity index (χ1) is 10.3. The van der Waals surface area contributed by atoms with E-state index in [1.807, 2.05) is 0 Å². The second kappa shape index (κ2) is 6.98. The molecule has 5 nitrogen and oxygen atoms in total. The molecule has 0 bridgehead atoms. The minimum Gasteiger partial charge on any atom is -0.467 e. The lowest BCUT2D eigenvalue weighted by atomic mass is 10.2. The number of carbonyl (C=O) groups excluding carboxylic acids is 1. The lowest BCUT2D eigenvalue weighted by Crippen LogP contribution is -2.28. The highest BCUT2D eigenvalue weighted by Crippen LogP contribution is 2.30. The first-order valence-electron chi connectivity index (χ1n) is 7.00. The molecule has 118 valence electrons. The van der Waals surface area contributed by atoms with E-state index in [0.29, 0.717) is 11.3 Å². The predicted molar refractivity (Wildman–Crippen MR) is 85.8 cm³/mol. The van der Waals surface area contributed by atoms with Crippen LogP contribution in [0.15, 0.2) is 46.2 Å². The molecule has 22 heavy (non-hydrogen) atoms. The summed E-state index contributed by atoms with van der Waals surface area (Å²) >= 11 is 1.60. The molecule has 2 heterocycles. The number of aromatic nitrogens is 1. The lowest BCUT2D eigenvalue weighted by molar-refractivity contribution is 0.0900. The molecule has 0 aliphatic rings. The van der Waals surface area contributed by atoms with Gasteiger partial charge in [0.1, 0.15) is 11.9 Å². The van der Waals surface area contributed by atoms with Crippen molar-refractivity contribution in [3.63, 3.8) is 0 Å². The number of furan rings is 1. The molecule has 2 rings (SSSR count). The summed E-state index contributed by atoms with van der Waals surface area (Å²) in [6, 6.07) is 6.77. The Morgan fingerprint density at radius 3 is 2.86 bits per heavy atom. The molecule has 1 unspecified atom stereocenters. The molecule has 0 radical (unpaired) electrons. The van der Waals surface area contributed by atoms with Gasteiger partial charge in [-0.05, 0) is 24.3 Å². The first kappa shape index (κ1) is 16.6. The second-order valence-electron chi connectivity index (χ2n) is 5.84. The average molecular weight is 320 g/mol. The molecule has 0 fully saturated rings. The lowest BCUT2D eigenvalue weighted by Gasteiger charge is -2.17. The van der Waals surface area contributed by atoms with Gasteiger partial charge in [-0.2, -0.15) is 0 Å². The number of rotatable bonds is 5. The number of hydrogen-bond acceptors (Lipinski definition) is 5. The van der Waals surface area contributed by atoms with Gasteiger partial charge in [0.05, 0.1) is 17.8 Å². The molecular formula is C16H20N2O3S. The van der Waals surface area contributed by atoms with E-state index in [-0.39, 0.29) is 17.2 Å². The molecule has 1 amide bonds. The van der Waals surface area contributed by atoms with Crippen LogP contribution >= 0.6 is 11.8 Å². The number of aliphatic hydroxyl groups excluding tert-OH is 1. The van der Waals surface area contributed by atoms with E-state index in [1.54, 1.807) is 42.2 Å². The van der Waals surface area contributed by atoms with Crippen molar-refractivity contribution in [2.45, 2.75) is 36.6 Å². The Morgan fingerprint density at radius 2 is 2.23 bits per heavy atom. The maximum Gasteiger partial charge on any atom is 0.251 e. The Bertz CT molecular complexity index is 621. The Balaban J connectivity index is 1.96. The zero-order valence-electron chi connectivity index (χ0n) is 12.9. The molecular weight excluding hydrogens is 300 g/mol. The number of pyridine rings is 1. The molecule has 0 aromatic carbocycles. The molecule has 1 atom stereocenters. The van der Waals surface area contributed by atoms with Crippen LogP contribution in [0.3, 0.4) is 0 Å². The van der Waals surface area contributed by atoms with Crippen LogP contribution in [0, 0.1) is 0 Å². The Labute approximate surface area is 134 Å². The number of carbonyl (C=O) groups is 1. The quantitative estimate of drug-likeness (QED) is 0.828. The normalized spacial score (nSPS) is 12.9. The highest BCUT2D eigenvalue weighted by Gasteiger charge is 2.16. The van der Waals surface area contributed by atoms with Crippen LogP contribution in [0.25, 0.3) is 0 Å². The van der Waals surface area contributed by atoms with Gasteiger partial charge in [0.15, 0.2) is 0 Å². The van der Waals surface area contributed by atoms with Crippen LogP contribution in [0.4, 0.5) is 0 Å². The van der Waals surface area contributed by atoms with Crippen LogP contribution in [0.2, 0.25) is 0 Å². The minimum atomic E-state index is -0.857. The fourth-order valence-electron chi connectivity index (χ4n) is 1.79. The van der Waals surface area contributed by atoms with Gasteiger partial charge in [-0.1, -0.05) is 20.8 Å². The van der Waals surface area contributed by atoms with Gasteiger partial charge < -0.3 is 14.8 Å². The van der Waals surface area contributed by atoms with Crippen LogP contribution in [0.5, 0.6) is 0 Å². The summed E-state index contributed by atoms with van der Waals surface area (Å²) in [5, 5.41) is 13.4. The number of hydrogen-bond donors (Lipinski definition) is 2. The topological polar surface area (TPSA) is 75.4 Å². The molecule has 0 aliphatic heterocycles. The maximum atomic E-state index is 12.1. The number of amides is 1. The third-order valence-corrected chi connectivity index (χ3v) is 3.78. The zero-order chi connectivity index (χ0) is 16.2. The fraction of sp³-hybridized carbons (Fsp3) is 0.375. The smallest absolute Gasteiger partial charge is 0.251 e. The van der Waals surface area contributed by atoms with Crippen molar-refractivity contribution < 1.29 is 14.3 Å². The largest absolute Gasteiger partial charge is 0.467 e. The van der Waals surface area contributed by atoms with Gasteiger partial charge in [-0.25, -0.2) is 4.98 Å². The van der Waals surface area contributed by atoms with E-state index < -0.39 is 6.10 Å². The summed E-state index contributed by atoms with van der Waals surface area (Å²) < 4.78 is 5.12. The fourth-order valence-corrected chi connectivity index (χ4v) is 2.72. The van der Waals surface area contributed by atoms with Crippen LogP contribution in [-0.4, -0.2) is 27.3 Å². The highest BCUT2D eigenvalue weighted by atomic mass is 32.2. The summed E-state index contributed by atoms with van der Waals surface area (Å²) in [5.41, 5.74) is 0.522. The first-order valence-corrected chi connectivity index (χ1v) is 7.81. The standard InChI is InChI=1S/C16H20N2O3S/c1-16(2,3)22-14-9-11(6-7-17-14)15(20)18-10-12(19)13-5-4-8-21-13/h4-9,12,19H,10H2,1-3H3,(H,18,20). The zero-order valence-corrected chi connectivity index (χ0v) is 13.7. The maximum absolute atomic E-state index is 12.1. The number of nitrogens with zero attached hydrogens (tertiary/aromatic N) is 1. The third kappa shape index (κ3) is 4.89. The summed E-state index contributed by atoms with van der Waals surface area (Å²) in [6.45, 7) is 6.36. The van der Waals surface area contributed by atoms with Gasteiger partial charge in [-0.15, -0.1) is 11.8 Å². The molecule has 2 aromatic heterocycles. The van der Waals surface area contributed by atoms with Gasteiger partial charge in [0.25, 0.3) is 5.91 Å². The van der Waals surface area contributed by atoms with Crippen LogP contribution in [-0.2, 0) is 0 Å². The van der Waals surface area contributed by atoms with Crippen LogP contribution in [0.1, 0.15) is 43.0 Å². The monoisotopic (exact) mass is 320 g/mol. The van der Waals surface area contributed by atoms with E-state index in [4.69, 9.17) is 4.42 Å². The van der Waals surface area contributed by atoms with E-state index in [2.05, 4.69) is 31.1 Å². The minimum absolute atomic E-state index is 0.0254. The van der Waals surface area contributed by atoms with Crippen molar-refractivity contribution in [1.29, 1.82) is 0 Å². The Kier molecular flexibility index (Phi) is 5.26. The third-order valence-electron chi connectivity index (χ3n) is 2.74. The number of thioether (sulfide) groups is 1. The van der Waals surface area contributed by atoms with Crippen molar-refractivity contribution in [2.24, 2.45) is 0 Å². The average Bonchev–Trinajstić information content (AvgIpc) is 2.97. The van der Waals surface area contributed by atoms with E-state index in [1.165, 1.54) is 6.26 Å². The molecule has 0 saturated carbocycles. The Hall–Kier alpha value is -1.79. The summed E-state index contributed by atoms with van der Waals surface area (Å²) in [7, 11) is 0. The highest BCUT2D eigenvalue weighted by molar-refractivity contribution is 8.00. The van der Waals surface area contributed by atoms with Gasteiger partial charge in [0, 0.05) is 16.5 Å². The summed E-state index contributed by atoms with van der Waals surface area (Å²) in [4.78, 5) is 16.4. The number of nitrogens with one attached hydrogen (secondary N) is 1.